The second-order valence-electron chi connectivity index (χ2n) is 4.71. The van der Waals surface area contributed by atoms with Gasteiger partial charge in [0.15, 0.2) is 0 Å². The van der Waals surface area contributed by atoms with Gasteiger partial charge in [0.25, 0.3) is 0 Å². The average molecular weight is 219 g/mol. The molecule has 1 fully saturated rings. The van der Waals surface area contributed by atoms with Gasteiger partial charge in [-0.25, -0.2) is 0 Å². The van der Waals surface area contributed by atoms with Crippen LogP contribution in [0.25, 0.3) is 0 Å². The van der Waals surface area contributed by atoms with Gasteiger partial charge < -0.3 is 10.1 Å². The van der Waals surface area contributed by atoms with Crippen LogP contribution in [0.15, 0.2) is 24.3 Å². The summed E-state index contributed by atoms with van der Waals surface area (Å²) in [6, 6.07) is 9.45. The first-order valence-electron chi connectivity index (χ1n) is 6.10. The molecule has 0 spiro atoms. The lowest BCUT2D eigenvalue weighted by Crippen LogP contribution is -2.41. The zero-order valence-corrected chi connectivity index (χ0v) is 10.2. The van der Waals surface area contributed by atoms with Crippen LogP contribution in [0.2, 0.25) is 0 Å². The van der Waals surface area contributed by atoms with Crippen molar-refractivity contribution in [2.75, 3.05) is 20.3 Å². The van der Waals surface area contributed by atoms with Crippen LogP contribution < -0.4 is 5.32 Å². The van der Waals surface area contributed by atoms with Crippen molar-refractivity contribution in [2.45, 2.75) is 25.8 Å². The lowest BCUT2D eigenvalue weighted by atomic mass is 9.89. The van der Waals surface area contributed by atoms with Gasteiger partial charge in [0, 0.05) is 18.6 Å². The predicted octanol–water partition coefficient (Wildman–Crippen LogP) is 2.16. The number of nitrogens with one attached hydrogen (secondary N) is 1. The molecule has 2 heteroatoms. The lowest BCUT2D eigenvalue weighted by Gasteiger charge is -2.31. The number of aryl methyl sites for hydroxylation is 1. The molecule has 2 rings (SSSR count). The summed E-state index contributed by atoms with van der Waals surface area (Å²) in [5, 5.41) is 3.41. The van der Waals surface area contributed by atoms with Crippen LogP contribution in [-0.2, 0) is 11.2 Å². The third-order valence-corrected chi connectivity index (χ3v) is 3.46. The molecule has 0 aromatic heterocycles. The first kappa shape index (κ1) is 11.6. The molecule has 0 unspecified atom stereocenters. The monoisotopic (exact) mass is 219 g/mol. The van der Waals surface area contributed by atoms with E-state index in [9.17, 15) is 0 Å². The Labute approximate surface area is 98.0 Å². The SMILES string of the molecule is CN[C@H]1CCOC[C@@H]1Cc1ccc(C)cc1. The van der Waals surface area contributed by atoms with E-state index < -0.39 is 0 Å². The van der Waals surface area contributed by atoms with Crippen LogP contribution in [0.5, 0.6) is 0 Å². The van der Waals surface area contributed by atoms with E-state index in [0.717, 1.165) is 26.1 Å². The molecule has 2 atom stereocenters. The first-order valence-corrected chi connectivity index (χ1v) is 6.10. The maximum Gasteiger partial charge on any atom is 0.0512 e. The van der Waals surface area contributed by atoms with Crippen LogP contribution in [-0.4, -0.2) is 26.3 Å². The Hall–Kier alpha value is -0.860. The van der Waals surface area contributed by atoms with E-state index in [1.165, 1.54) is 11.1 Å². The Kier molecular flexibility index (Phi) is 3.97. The highest BCUT2D eigenvalue weighted by atomic mass is 16.5. The topological polar surface area (TPSA) is 21.3 Å². The fourth-order valence-corrected chi connectivity index (χ4v) is 2.40. The van der Waals surface area contributed by atoms with E-state index in [4.69, 9.17) is 4.74 Å². The van der Waals surface area contributed by atoms with Gasteiger partial charge in [-0.1, -0.05) is 29.8 Å². The number of hydrogen-bond acceptors (Lipinski definition) is 2. The van der Waals surface area contributed by atoms with E-state index in [-0.39, 0.29) is 0 Å². The Morgan fingerprint density at radius 2 is 2.06 bits per heavy atom. The maximum absolute atomic E-state index is 5.57. The summed E-state index contributed by atoms with van der Waals surface area (Å²) in [6.45, 7) is 3.92. The minimum absolute atomic E-state index is 0.607. The van der Waals surface area contributed by atoms with Gasteiger partial charge in [0.05, 0.1) is 6.61 Å². The van der Waals surface area contributed by atoms with Crippen molar-refractivity contribution in [2.24, 2.45) is 5.92 Å². The highest BCUT2D eigenvalue weighted by Gasteiger charge is 2.24. The summed E-state index contributed by atoms with van der Waals surface area (Å²) in [6.07, 6.45) is 2.25. The van der Waals surface area contributed by atoms with E-state index >= 15 is 0 Å². The smallest absolute Gasteiger partial charge is 0.0512 e. The van der Waals surface area contributed by atoms with E-state index in [2.05, 4.69) is 43.6 Å². The Morgan fingerprint density at radius 3 is 2.75 bits per heavy atom. The van der Waals surface area contributed by atoms with Crippen LogP contribution >= 0.6 is 0 Å². The minimum atomic E-state index is 0.607. The summed E-state index contributed by atoms with van der Waals surface area (Å²) in [5.41, 5.74) is 2.75. The lowest BCUT2D eigenvalue weighted by molar-refractivity contribution is 0.0342. The number of ether oxygens (including phenoxy) is 1. The van der Waals surface area contributed by atoms with Crippen molar-refractivity contribution in [3.05, 3.63) is 35.4 Å². The molecule has 2 nitrogen and oxygen atoms in total. The van der Waals surface area contributed by atoms with Crippen molar-refractivity contribution in [1.29, 1.82) is 0 Å². The van der Waals surface area contributed by atoms with Crippen molar-refractivity contribution < 1.29 is 4.74 Å². The summed E-state index contributed by atoms with van der Waals surface area (Å²) in [7, 11) is 2.05. The van der Waals surface area contributed by atoms with Gasteiger partial charge in [-0.15, -0.1) is 0 Å². The van der Waals surface area contributed by atoms with E-state index in [1.807, 2.05) is 0 Å². The number of hydrogen-bond donors (Lipinski definition) is 1. The third-order valence-electron chi connectivity index (χ3n) is 3.46. The molecular formula is C14H21NO. The molecular weight excluding hydrogens is 198 g/mol. The second-order valence-corrected chi connectivity index (χ2v) is 4.71. The Balaban J connectivity index is 1.99. The van der Waals surface area contributed by atoms with E-state index in [1.54, 1.807) is 0 Å². The molecule has 16 heavy (non-hydrogen) atoms. The van der Waals surface area contributed by atoms with Crippen molar-refractivity contribution >= 4 is 0 Å². The van der Waals surface area contributed by atoms with Crippen LogP contribution in [0.1, 0.15) is 17.5 Å². The summed E-state index contributed by atoms with van der Waals surface area (Å²) >= 11 is 0. The molecule has 0 saturated carbocycles. The minimum Gasteiger partial charge on any atom is -0.381 e. The standard InChI is InChI=1S/C14H21NO/c1-11-3-5-12(6-4-11)9-13-10-16-8-7-14(13)15-2/h3-6,13-15H,7-10H2,1-2H3/t13-,14-/m0/s1. The van der Waals surface area contributed by atoms with Gasteiger partial charge >= 0.3 is 0 Å². The van der Waals surface area contributed by atoms with E-state index in [0.29, 0.717) is 12.0 Å². The molecule has 0 radical (unpaired) electrons. The zero-order valence-electron chi connectivity index (χ0n) is 10.2. The average Bonchev–Trinajstić information content (AvgIpc) is 2.33. The highest BCUT2D eigenvalue weighted by Crippen LogP contribution is 2.19. The van der Waals surface area contributed by atoms with Gasteiger partial charge in [-0.3, -0.25) is 0 Å². The molecule has 1 saturated heterocycles. The third kappa shape index (κ3) is 2.83. The molecule has 1 aliphatic heterocycles. The molecule has 1 aromatic carbocycles. The molecule has 1 aliphatic rings. The van der Waals surface area contributed by atoms with Crippen LogP contribution in [0, 0.1) is 12.8 Å². The largest absolute Gasteiger partial charge is 0.381 e. The summed E-state index contributed by atoms with van der Waals surface area (Å²) < 4.78 is 5.57. The number of benzene rings is 1. The molecule has 0 aliphatic carbocycles. The normalized spacial score (nSPS) is 25.6. The van der Waals surface area contributed by atoms with Gasteiger partial charge in [-0.05, 0) is 32.4 Å². The van der Waals surface area contributed by atoms with Gasteiger partial charge in [-0.2, -0.15) is 0 Å². The Bertz CT molecular complexity index is 320. The van der Waals surface area contributed by atoms with Crippen molar-refractivity contribution in [1.82, 2.24) is 5.32 Å². The van der Waals surface area contributed by atoms with Crippen molar-refractivity contribution in [3.8, 4) is 0 Å². The maximum atomic E-state index is 5.57. The van der Waals surface area contributed by atoms with Gasteiger partial charge in [0.1, 0.15) is 0 Å². The molecule has 1 aromatic rings. The first-order chi connectivity index (χ1) is 7.79. The summed E-state index contributed by atoms with van der Waals surface area (Å²) in [5.74, 6) is 0.612. The van der Waals surface area contributed by atoms with Crippen LogP contribution in [0.4, 0.5) is 0 Å². The molecule has 1 heterocycles. The second kappa shape index (κ2) is 5.46. The Morgan fingerprint density at radius 1 is 1.31 bits per heavy atom. The number of rotatable bonds is 3. The quantitative estimate of drug-likeness (QED) is 0.841. The fourth-order valence-electron chi connectivity index (χ4n) is 2.40. The molecule has 0 amide bonds. The molecule has 88 valence electrons. The predicted molar refractivity (Wildman–Crippen MR) is 66.7 cm³/mol. The van der Waals surface area contributed by atoms with Crippen molar-refractivity contribution in [3.63, 3.8) is 0 Å². The highest BCUT2D eigenvalue weighted by molar-refractivity contribution is 5.22. The fraction of sp³-hybridized carbons (Fsp3) is 0.571. The van der Waals surface area contributed by atoms with Gasteiger partial charge in [0.2, 0.25) is 0 Å². The molecule has 0 bridgehead atoms. The van der Waals surface area contributed by atoms with Crippen LogP contribution in [0.3, 0.4) is 0 Å². The summed E-state index contributed by atoms with van der Waals surface area (Å²) in [4.78, 5) is 0. The molecule has 1 N–H and O–H groups in total. The zero-order chi connectivity index (χ0) is 11.4.